The number of nitrogens with zero attached hydrogens (tertiary/aromatic N) is 1. The van der Waals surface area contributed by atoms with E-state index >= 15 is 0 Å². The predicted molar refractivity (Wildman–Crippen MR) is 55.9 cm³/mol. The fourth-order valence-corrected chi connectivity index (χ4v) is 2.77. The van der Waals surface area contributed by atoms with Crippen LogP contribution < -0.4 is 5.32 Å². The van der Waals surface area contributed by atoms with Gasteiger partial charge in [0.05, 0.1) is 0 Å². The number of likely N-dealkylation sites (tertiary alicyclic amines) is 1. The molecule has 0 spiro atoms. The largest absolute Gasteiger partial charge is 0.317 e. The summed E-state index contributed by atoms with van der Waals surface area (Å²) < 4.78 is 0. The van der Waals surface area contributed by atoms with Crippen molar-refractivity contribution in [3.63, 3.8) is 0 Å². The molecule has 1 N–H and O–H groups in total. The van der Waals surface area contributed by atoms with E-state index in [-0.39, 0.29) is 0 Å². The molecule has 0 amide bonds. The van der Waals surface area contributed by atoms with Crippen molar-refractivity contribution in [2.24, 2.45) is 5.92 Å². The summed E-state index contributed by atoms with van der Waals surface area (Å²) in [5, 5.41) is 3.44. The van der Waals surface area contributed by atoms with Gasteiger partial charge in [-0.25, -0.2) is 0 Å². The summed E-state index contributed by atoms with van der Waals surface area (Å²) in [6.45, 7) is 7.61. The van der Waals surface area contributed by atoms with Crippen LogP contribution in [-0.4, -0.2) is 37.1 Å². The molecular weight excluding hydrogens is 160 g/mol. The first-order chi connectivity index (χ1) is 6.38. The van der Waals surface area contributed by atoms with Crippen molar-refractivity contribution in [3.05, 3.63) is 0 Å². The monoisotopic (exact) mass is 182 g/mol. The van der Waals surface area contributed by atoms with Crippen LogP contribution in [0.1, 0.15) is 32.6 Å². The third-order valence-corrected chi connectivity index (χ3v) is 3.78. The molecule has 0 unspecified atom stereocenters. The normalized spacial score (nSPS) is 29.3. The van der Waals surface area contributed by atoms with Crippen molar-refractivity contribution in [1.29, 1.82) is 0 Å². The van der Waals surface area contributed by atoms with Gasteiger partial charge < -0.3 is 10.2 Å². The molecule has 76 valence electrons. The van der Waals surface area contributed by atoms with Crippen LogP contribution in [0.25, 0.3) is 0 Å². The highest BCUT2D eigenvalue weighted by molar-refractivity contribution is 4.82. The summed E-state index contributed by atoms with van der Waals surface area (Å²) in [5.74, 6) is 0.958. The Bertz CT molecular complexity index is 146. The molecule has 0 saturated carbocycles. The van der Waals surface area contributed by atoms with E-state index in [2.05, 4.69) is 17.1 Å². The van der Waals surface area contributed by atoms with E-state index in [1.807, 2.05) is 0 Å². The molecule has 0 aromatic heterocycles. The Morgan fingerprint density at radius 1 is 1.15 bits per heavy atom. The fourth-order valence-electron chi connectivity index (χ4n) is 2.77. The second-order valence-electron chi connectivity index (χ2n) is 4.57. The summed E-state index contributed by atoms with van der Waals surface area (Å²) in [7, 11) is 0. The van der Waals surface area contributed by atoms with Gasteiger partial charge in [0.2, 0.25) is 0 Å². The Labute approximate surface area is 81.7 Å². The SMILES string of the molecule is C[C@@H](C1CCNCC1)N1CCCC1. The molecule has 1 atom stereocenters. The molecule has 2 heteroatoms. The van der Waals surface area contributed by atoms with Gasteiger partial charge >= 0.3 is 0 Å². The lowest BCUT2D eigenvalue weighted by molar-refractivity contribution is 0.162. The number of piperidine rings is 1. The molecule has 13 heavy (non-hydrogen) atoms. The number of hydrogen-bond donors (Lipinski definition) is 1. The Kier molecular flexibility index (Phi) is 3.23. The summed E-state index contributed by atoms with van der Waals surface area (Å²) in [6.07, 6.45) is 5.62. The van der Waals surface area contributed by atoms with Crippen LogP contribution in [0.2, 0.25) is 0 Å². The Morgan fingerprint density at radius 3 is 2.38 bits per heavy atom. The topological polar surface area (TPSA) is 15.3 Å². The Balaban J connectivity index is 1.83. The molecule has 2 rings (SSSR count). The Morgan fingerprint density at radius 2 is 1.77 bits per heavy atom. The highest BCUT2D eigenvalue weighted by atomic mass is 15.2. The molecule has 0 bridgehead atoms. The van der Waals surface area contributed by atoms with E-state index in [0.717, 1.165) is 12.0 Å². The van der Waals surface area contributed by atoms with Gasteiger partial charge in [0.1, 0.15) is 0 Å². The van der Waals surface area contributed by atoms with Gasteiger partial charge in [0.15, 0.2) is 0 Å². The third-order valence-electron chi connectivity index (χ3n) is 3.78. The molecule has 0 aromatic rings. The second-order valence-corrected chi connectivity index (χ2v) is 4.57. The van der Waals surface area contributed by atoms with Crippen molar-refractivity contribution in [2.75, 3.05) is 26.2 Å². The maximum absolute atomic E-state index is 3.44. The Hall–Kier alpha value is -0.0800. The second kappa shape index (κ2) is 4.43. The lowest BCUT2D eigenvalue weighted by Crippen LogP contribution is -2.41. The van der Waals surface area contributed by atoms with Crippen LogP contribution in [0.5, 0.6) is 0 Å². The number of hydrogen-bond acceptors (Lipinski definition) is 2. The van der Waals surface area contributed by atoms with Crippen LogP contribution in [0, 0.1) is 5.92 Å². The zero-order valence-electron chi connectivity index (χ0n) is 8.76. The average Bonchev–Trinajstić information content (AvgIpc) is 2.71. The number of nitrogens with one attached hydrogen (secondary N) is 1. The first-order valence-electron chi connectivity index (χ1n) is 5.82. The maximum Gasteiger partial charge on any atom is 0.00961 e. The summed E-state index contributed by atoms with van der Waals surface area (Å²) in [6, 6.07) is 0.838. The van der Waals surface area contributed by atoms with Gasteiger partial charge in [-0.2, -0.15) is 0 Å². The van der Waals surface area contributed by atoms with Crippen LogP contribution in [-0.2, 0) is 0 Å². The van der Waals surface area contributed by atoms with Crippen LogP contribution in [0.3, 0.4) is 0 Å². The van der Waals surface area contributed by atoms with Crippen molar-refractivity contribution in [1.82, 2.24) is 10.2 Å². The minimum Gasteiger partial charge on any atom is -0.317 e. The molecule has 2 heterocycles. The van der Waals surface area contributed by atoms with Crippen LogP contribution in [0.4, 0.5) is 0 Å². The quantitative estimate of drug-likeness (QED) is 0.695. The van der Waals surface area contributed by atoms with E-state index in [1.54, 1.807) is 0 Å². The number of rotatable bonds is 2. The summed E-state index contributed by atoms with van der Waals surface area (Å²) in [4.78, 5) is 2.69. The third kappa shape index (κ3) is 2.23. The zero-order chi connectivity index (χ0) is 9.10. The van der Waals surface area contributed by atoms with E-state index < -0.39 is 0 Å². The average molecular weight is 182 g/mol. The van der Waals surface area contributed by atoms with Gasteiger partial charge in [0.25, 0.3) is 0 Å². The highest BCUT2D eigenvalue weighted by Gasteiger charge is 2.26. The highest BCUT2D eigenvalue weighted by Crippen LogP contribution is 2.23. The van der Waals surface area contributed by atoms with Crippen LogP contribution in [0.15, 0.2) is 0 Å². The van der Waals surface area contributed by atoms with Crippen molar-refractivity contribution in [3.8, 4) is 0 Å². The molecule has 2 fully saturated rings. The van der Waals surface area contributed by atoms with E-state index in [1.165, 1.54) is 51.9 Å². The standard InChI is InChI=1S/C11H22N2/c1-10(13-8-2-3-9-13)11-4-6-12-7-5-11/h10-12H,2-9H2,1H3/t10-/m0/s1. The maximum atomic E-state index is 3.44. The lowest BCUT2D eigenvalue weighted by atomic mass is 9.90. The minimum absolute atomic E-state index is 0.838. The zero-order valence-corrected chi connectivity index (χ0v) is 8.76. The molecule has 2 aliphatic heterocycles. The van der Waals surface area contributed by atoms with E-state index in [0.29, 0.717) is 0 Å². The van der Waals surface area contributed by atoms with Crippen molar-refractivity contribution in [2.45, 2.75) is 38.6 Å². The minimum atomic E-state index is 0.838. The molecule has 0 radical (unpaired) electrons. The predicted octanol–water partition coefficient (Wildman–Crippen LogP) is 1.47. The van der Waals surface area contributed by atoms with E-state index in [9.17, 15) is 0 Å². The van der Waals surface area contributed by atoms with Crippen molar-refractivity contribution >= 4 is 0 Å². The van der Waals surface area contributed by atoms with Gasteiger partial charge in [0, 0.05) is 6.04 Å². The van der Waals surface area contributed by atoms with Gasteiger partial charge in [-0.15, -0.1) is 0 Å². The van der Waals surface area contributed by atoms with Crippen LogP contribution >= 0.6 is 0 Å². The van der Waals surface area contributed by atoms with Gasteiger partial charge in [-0.1, -0.05) is 0 Å². The van der Waals surface area contributed by atoms with Crippen molar-refractivity contribution < 1.29 is 0 Å². The smallest absolute Gasteiger partial charge is 0.00961 e. The lowest BCUT2D eigenvalue weighted by Gasteiger charge is -2.34. The fraction of sp³-hybridized carbons (Fsp3) is 1.00. The molecule has 2 aliphatic rings. The molecule has 0 aromatic carbocycles. The first-order valence-corrected chi connectivity index (χ1v) is 5.82. The summed E-state index contributed by atoms with van der Waals surface area (Å²) in [5.41, 5.74) is 0. The van der Waals surface area contributed by atoms with Gasteiger partial charge in [-0.05, 0) is 64.7 Å². The van der Waals surface area contributed by atoms with E-state index in [4.69, 9.17) is 0 Å². The first kappa shape index (κ1) is 9.47. The molecule has 2 nitrogen and oxygen atoms in total. The molecule has 2 saturated heterocycles. The van der Waals surface area contributed by atoms with Gasteiger partial charge in [-0.3, -0.25) is 0 Å². The molecule has 0 aliphatic carbocycles. The summed E-state index contributed by atoms with van der Waals surface area (Å²) >= 11 is 0. The molecular formula is C11H22N2.